The molecule has 0 saturated heterocycles. The van der Waals surface area contributed by atoms with E-state index in [0.717, 1.165) is 4.57 Å². The Balaban J connectivity index is 3.25. The molecule has 0 saturated carbocycles. The van der Waals surface area contributed by atoms with Crippen LogP contribution in [0.2, 0.25) is 0 Å². The molecule has 48 valence electrons. The number of rotatable bonds is 0. The Kier molecular flexibility index (Phi) is 1.42. The van der Waals surface area contributed by atoms with Gasteiger partial charge in [0.05, 0.1) is 0 Å². The van der Waals surface area contributed by atoms with E-state index < -0.39 is 11.9 Å². The molecule has 0 unspecified atom stereocenters. The van der Waals surface area contributed by atoms with Crippen LogP contribution in [0.5, 0.6) is 0 Å². The second-order valence-corrected chi connectivity index (χ2v) is 1.73. The molecule has 0 atom stereocenters. The van der Waals surface area contributed by atoms with Gasteiger partial charge in [-0.3, -0.25) is 0 Å². The third kappa shape index (κ3) is 1.04. The van der Waals surface area contributed by atoms with Gasteiger partial charge in [-0.2, -0.15) is 0 Å². The Hall–Kier alpha value is -0.990. The van der Waals surface area contributed by atoms with Crippen molar-refractivity contribution in [1.82, 2.24) is 0 Å². The minimum Gasteiger partial charge on any atom is -0.144 e. The maximum atomic E-state index is 12.3. The van der Waals surface area contributed by atoms with Crippen LogP contribution < -0.4 is 4.57 Å². The van der Waals surface area contributed by atoms with E-state index in [1.54, 1.807) is 0 Å². The molecule has 0 fully saturated rings. The zero-order valence-corrected chi connectivity index (χ0v) is 4.94. The van der Waals surface area contributed by atoms with Gasteiger partial charge in [-0.15, -0.1) is 13.3 Å². The molecule has 0 bridgehead atoms. The van der Waals surface area contributed by atoms with E-state index in [4.69, 9.17) is 0 Å². The van der Waals surface area contributed by atoms with Crippen LogP contribution in [0.1, 0.15) is 0 Å². The molecule has 1 heterocycles. The Morgan fingerprint density at radius 1 is 1.22 bits per heavy atom. The second-order valence-electron chi connectivity index (χ2n) is 1.73. The molecular weight excluding hydrogens is 124 g/mol. The lowest BCUT2D eigenvalue weighted by Crippen LogP contribution is -2.37. The van der Waals surface area contributed by atoms with Gasteiger partial charge in [0, 0.05) is 12.1 Å². The average molecular weight is 130 g/mol. The van der Waals surface area contributed by atoms with Crippen molar-refractivity contribution in [3.8, 4) is 0 Å². The molecule has 0 N–H and O–H groups in total. The second kappa shape index (κ2) is 2.09. The molecule has 1 aromatic heterocycles. The number of halogens is 2. The molecule has 0 aromatic carbocycles. The first-order valence-corrected chi connectivity index (χ1v) is 2.52. The first-order chi connectivity index (χ1) is 4.22. The first-order valence-electron chi connectivity index (χ1n) is 2.52. The maximum Gasteiger partial charge on any atom is 0.361 e. The summed E-state index contributed by atoms with van der Waals surface area (Å²) in [6.45, 7) is 0. The molecule has 0 aliphatic rings. The number of hydrogen-bond acceptors (Lipinski definition) is 0. The van der Waals surface area contributed by atoms with Gasteiger partial charge in [0.2, 0.25) is 0 Å². The predicted molar refractivity (Wildman–Crippen MR) is 27.5 cm³/mol. The first kappa shape index (κ1) is 6.13. The van der Waals surface area contributed by atoms with Gasteiger partial charge >= 0.3 is 11.9 Å². The monoisotopic (exact) mass is 130 g/mol. The molecule has 0 aliphatic heterocycles. The summed E-state index contributed by atoms with van der Waals surface area (Å²) in [5, 5.41) is 0. The van der Waals surface area contributed by atoms with E-state index in [1.165, 1.54) is 25.2 Å². The lowest BCUT2D eigenvalue weighted by atomic mass is 10.5. The molecule has 0 amide bonds. The summed E-state index contributed by atoms with van der Waals surface area (Å²) in [4.78, 5) is 0. The minimum atomic E-state index is -0.574. The zero-order chi connectivity index (χ0) is 6.85. The van der Waals surface area contributed by atoms with Gasteiger partial charge in [0.15, 0.2) is 0 Å². The van der Waals surface area contributed by atoms with Crippen LogP contribution in [0.3, 0.4) is 0 Å². The summed E-state index contributed by atoms with van der Waals surface area (Å²) in [5.41, 5.74) is 0. The van der Waals surface area contributed by atoms with Crippen LogP contribution in [0.25, 0.3) is 0 Å². The Morgan fingerprint density at radius 2 is 1.67 bits per heavy atom. The molecule has 1 nitrogen and oxygen atoms in total. The summed E-state index contributed by atoms with van der Waals surface area (Å²) in [7, 11) is 1.32. The molecule has 0 radical (unpaired) electrons. The van der Waals surface area contributed by atoms with Crippen LogP contribution in [-0.2, 0) is 7.05 Å². The third-order valence-corrected chi connectivity index (χ3v) is 1.11. The normalized spacial score (nSPS) is 9.67. The quantitative estimate of drug-likeness (QED) is 0.361. The van der Waals surface area contributed by atoms with Crippen molar-refractivity contribution in [3.63, 3.8) is 0 Å². The SMILES string of the molecule is C[n+]1c(F)cccc1F. The molecular formula is C6H6F2N+. The third-order valence-electron chi connectivity index (χ3n) is 1.11. The van der Waals surface area contributed by atoms with E-state index in [2.05, 4.69) is 0 Å². The fourth-order valence-corrected chi connectivity index (χ4v) is 0.533. The highest BCUT2D eigenvalue weighted by Gasteiger charge is 2.08. The van der Waals surface area contributed by atoms with Crippen LogP contribution in [0.15, 0.2) is 18.2 Å². The van der Waals surface area contributed by atoms with Gasteiger partial charge in [-0.05, 0) is 6.07 Å². The average Bonchev–Trinajstić information content (AvgIpc) is 1.83. The Bertz CT molecular complexity index is 202. The summed E-state index contributed by atoms with van der Waals surface area (Å²) < 4.78 is 25.4. The summed E-state index contributed by atoms with van der Waals surface area (Å²) in [6.07, 6.45) is 0. The van der Waals surface area contributed by atoms with Crippen molar-refractivity contribution in [3.05, 3.63) is 30.1 Å². The fourth-order valence-electron chi connectivity index (χ4n) is 0.533. The fraction of sp³-hybridized carbons (Fsp3) is 0.167. The van der Waals surface area contributed by atoms with Crippen molar-refractivity contribution in [2.24, 2.45) is 7.05 Å². The lowest BCUT2D eigenvalue weighted by Gasteiger charge is -1.87. The van der Waals surface area contributed by atoms with Crippen LogP contribution >= 0.6 is 0 Å². The standard InChI is InChI=1S/C6H6F2N/c1-9-5(7)3-2-4-6(9)8/h2-4H,1H3/q+1. The number of nitrogens with zero attached hydrogens (tertiary/aromatic N) is 1. The summed E-state index contributed by atoms with van der Waals surface area (Å²) in [5.74, 6) is -1.15. The molecule has 9 heavy (non-hydrogen) atoms. The summed E-state index contributed by atoms with van der Waals surface area (Å²) >= 11 is 0. The van der Waals surface area contributed by atoms with Crippen molar-refractivity contribution in [2.45, 2.75) is 0 Å². The highest BCUT2D eigenvalue weighted by atomic mass is 19.1. The van der Waals surface area contributed by atoms with Gasteiger partial charge in [-0.25, -0.2) is 0 Å². The molecule has 1 aromatic rings. The number of pyridine rings is 1. The van der Waals surface area contributed by atoms with E-state index in [9.17, 15) is 8.78 Å². The summed E-state index contributed by atoms with van der Waals surface area (Å²) in [6, 6.07) is 3.72. The Labute approximate surface area is 51.6 Å². The topological polar surface area (TPSA) is 3.88 Å². The van der Waals surface area contributed by atoms with Gasteiger partial charge in [0.1, 0.15) is 7.05 Å². The van der Waals surface area contributed by atoms with Gasteiger partial charge in [-0.1, -0.05) is 0 Å². The van der Waals surface area contributed by atoms with Crippen LogP contribution in [-0.4, -0.2) is 0 Å². The highest BCUT2D eigenvalue weighted by Crippen LogP contribution is 1.90. The zero-order valence-electron chi connectivity index (χ0n) is 4.94. The minimum absolute atomic E-state index is 0.574. The van der Waals surface area contributed by atoms with Crippen molar-refractivity contribution in [1.29, 1.82) is 0 Å². The van der Waals surface area contributed by atoms with Crippen LogP contribution in [0, 0.1) is 11.9 Å². The predicted octanol–water partition coefficient (Wildman–Crippen LogP) is 0.789. The van der Waals surface area contributed by atoms with E-state index >= 15 is 0 Å². The van der Waals surface area contributed by atoms with E-state index in [-0.39, 0.29) is 0 Å². The molecule has 1 rings (SSSR count). The van der Waals surface area contributed by atoms with Gasteiger partial charge in [0.25, 0.3) is 0 Å². The number of hydrogen-bond donors (Lipinski definition) is 0. The van der Waals surface area contributed by atoms with E-state index in [1.807, 2.05) is 0 Å². The lowest BCUT2D eigenvalue weighted by molar-refractivity contribution is -0.727. The van der Waals surface area contributed by atoms with E-state index in [0.29, 0.717) is 0 Å². The highest BCUT2D eigenvalue weighted by molar-refractivity contribution is 4.87. The smallest absolute Gasteiger partial charge is 0.144 e. The van der Waals surface area contributed by atoms with Crippen molar-refractivity contribution in [2.75, 3.05) is 0 Å². The van der Waals surface area contributed by atoms with Crippen molar-refractivity contribution < 1.29 is 13.3 Å². The van der Waals surface area contributed by atoms with Crippen molar-refractivity contribution >= 4 is 0 Å². The Morgan fingerprint density at radius 3 is 2.00 bits per heavy atom. The molecule has 0 spiro atoms. The maximum absolute atomic E-state index is 12.3. The van der Waals surface area contributed by atoms with Crippen LogP contribution in [0.4, 0.5) is 8.78 Å². The largest absolute Gasteiger partial charge is 0.361 e. The van der Waals surface area contributed by atoms with Gasteiger partial charge < -0.3 is 0 Å². The molecule has 3 heteroatoms. The molecule has 0 aliphatic carbocycles. The number of aromatic nitrogens is 1.